The highest BCUT2D eigenvalue weighted by Crippen LogP contribution is 2.34. The Morgan fingerprint density at radius 3 is 2.88 bits per heavy atom. The first-order valence-electron chi connectivity index (χ1n) is 6.31. The van der Waals surface area contributed by atoms with E-state index >= 15 is 0 Å². The van der Waals surface area contributed by atoms with Crippen molar-refractivity contribution in [2.24, 2.45) is 11.7 Å². The first kappa shape index (κ1) is 13.5. The molecule has 0 bridgehead atoms. The van der Waals surface area contributed by atoms with Crippen LogP contribution in [-0.4, -0.2) is 12.6 Å². The molecule has 0 spiro atoms. The van der Waals surface area contributed by atoms with Crippen molar-refractivity contribution in [3.05, 3.63) is 20.8 Å². The molecular formula is C13H20BrNOS. The first-order chi connectivity index (χ1) is 8.20. The first-order valence-corrected chi connectivity index (χ1v) is 7.99. The normalized spacial score (nSPS) is 19.2. The summed E-state index contributed by atoms with van der Waals surface area (Å²) < 4.78 is 7.13. The van der Waals surface area contributed by atoms with Crippen LogP contribution in [0.4, 0.5) is 0 Å². The van der Waals surface area contributed by atoms with Crippen LogP contribution in [0.3, 0.4) is 0 Å². The lowest BCUT2D eigenvalue weighted by Crippen LogP contribution is -2.29. The molecule has 1 saturated carbocycles. The van der Waals surface area contributed by atoms with Crippen molar-refractivity contribution in [2.45, 2.75) is 44.8 Å². The third kappa shape index (κ3) is 4.05. The van der Waals surface area contributed by atoms with E-state index in [0.29, 0.717) is 0 Å². The van der Waals surface area contributed by atoms with Crippen molar-refractivity contribution in [3.8, 4) is 0 Å². The second-order valence-corrected chi connectivity index (χ2v) is 6.62. The average molecular weight is 318 g/mol. The number of ether oxygens (including phenoxy) is 1. The van der Waals surface area contributed by atoms with E-state index in [1.807, 2.05) is 0 Å². The van der Waals surface area contributed by atoms with Crippen LogP contribution in [0.25, 0.3) is 0 Å². The molecule has 1 fully saturated rings. The molecule has 2 atom stereocenters. The zero-order valence-corrected chi connectivity index (χ0v) is 12.6. The molecule has 2 nitrogen and oxygen atoms in total. The van der Waals surface area contributed by atoms with Crippen LogP contribution < -0.4 is 5.73 Å². The molecule has 2 unspecified atom stereocenters. The van der Waals surface area contributed by atoms with E-state index in [9.17, 15) is 0 Å². The maximum absolute atomic E-state index is 6.16. The molecule has 4 heteroatoms. The van der Waals surface area contributed by atoms with Crippen molar-refractivity contribution in [2.75, 3.05) is 6.61 Å². The molecule has 2 N–H and O–H groups in total. The molecule has 96 valence electrons. The molecule has 17 heavy (non-hydrogen) atoms. The molecule has 1 heterocycles. The van der Waals surface area contributed by atoms with Crippen molar-refractivity contribution >= 4 is 27.3 Å². The van der Waals surface area contributed by atoms with Crippen LogP contribution in [0.1, 0.15) is 43.6 Å². The molecule has 0 saturated heterocycles. The molecule has 0 amide bonds. The van der Waals surface area contributed by atoms with Crippen LogP contribution in [-0.2, 0) is 4.74 Å². The lowest BCUT2D eigenvalue weighted by atomic mass is 10.1. The lowest BCUT2D eigenvalue weighted by molar-refractivity contribution is 0.0323. The molecule has 0 aliphatic heterocycles. The minimum atomic E-state index is 0.0649. The van der Waals surface area contributed by atoms with Crippen LogP contribution in [0, 0.1) is 5.92 Å². The Morgan fingerprint density at radius 2 is 2.35 bits per heavy atom. The third-order valence-electron chi connectivity index (χ3n) is 3.25. The summed E-state index contributed by atoms with van der Waals surface area (Å²) in [5.74, 6) is 0.920. The molecule has 0 radical (unpaired) electrons. The Hall–Kier alpha value is 0.1000. The topological polar surface area (TPSA) is 35.2 Å². The van der Waals surface area contributed by atoms with Crippen LogP contribution in [0.2, 0.25) is 0 Å². The summed E-state index contributed by atoms with van der Waals surface area (Å²) in [4.78, 5) is 1.24. The summed E-state index contributed by atoms with van der Waals surface area (Å²) in [6, 6.07) is 2.22. The Balaban J connectivity index is 1.91. The van der Waals surface area contributed by atoms with E-state index in [0.717, 1.165) is 23.4 Å². The number of rotatable bonds is 7. The number of nitrogens with two attached hydrogens (primary N) is 1. The average Bonchev–Trinajstić information content (AvgIpc) is 3.05. The standard InChI is InChI=1S/C13H20BrNOS/c1-2-11(15)13(12-7-10(14)8-17-12)16-6-5-9-3-4-9/h7-9,11,13H,2-6,15H2,1H3. The van der Waals surface area contributed by atoms with Gasteiger partial charge in [-0.25, -0.2) is 0 Å². The monoisotopic (exact) mass is 317 g/mol. The third-order valence-corrected chi connectivity index (χ3v) is 5.00. The van der Waals surface area contributed by atoms with Gasteiger partial charge in [-0.15, -0.1) is 11.3 Å². The molecular weight excluding hydrogens is 298 g/mol. The van der Waals surface area contributed by atoms with Gasteiger partial charge in [0, 0.05) is 27.4 Å². The van der Waals surface area contributed by atoms with E-state index in [2.05, 4.69) is 34.3 Å². The molecule has 2 rings (SSSR count). The van der Waals surface area contributed by atoms with Gasteiger partial charge in [-0.05, 0) is 40.8 Å². The van der Waals surface area contributed by atoms with Gasteiger partial charge in [-0.1, -0.05) is 19.8 Å². The molecule has 1 aromatic rings. The second-order valence-electron chi connectivity index (χ2n) is 4.76. The minimum Gasteiger partial charge on any atom is -0.371 e. The SMILES string of the molecule is CCC(N)C(OCCC1CC1)c1cc(Br)cs1. The van der Waals surface area contributed by atoms with Crippen LogP contribution >= 0.6 is 27.3 Å². The summed E-state index contributed by atoms with van der Waals surface area (Å²) in [7, 11) is 0. The van der Waals surface area contributed by atoms with E-state index in [-0.39, 0.29) is 12.1 Å². The van der Waals surface area contributed by atoms with Gasteiger partial charge in [0.15, 0.2) is 0 Å². The Labute approximate surface area is 116 Å². The van der Waals surface area contributed by atoms with Crippen LogP contribution in [0.5, 0.6) is 0 Å². The van der Waals surface area contributed by atoms with Crippen LogP contribution in [0.15, 0.2) is 15.9 Å². The summed E-state index contributed by atoms with van der Waals surface area (Å²) in [6.45, 7) is 2.96. The van der Waals surface area contributed by atoms with Gasteiger partial charge in [-0.3, -0.25) is 0 Å². The maximum Gasteiger partial charge on any atom is 0.107 e. The largest absolute Gasteiger partial charge is 0.371 e. The Kier molecular flexibility index (Phi) is 5.03. The van der Waals surface area contributed by atoms with Crippen molar-refractivity contribution in [3.63, 3.8) is 0 Å². The molecule has 1 aromatic heterocycles. The second kappa shape index (κ2) is 6.32. The van der Waals surface area contributed by atoms with Gasteiger partial charge in [0.2, 0.25) is 0 Å². The number of hydrogen-bond donors (Lipinski definition) is 1. The van der Waals surface area contributed by atoms with Gasteiger partial charge in [-0.2, -0.15) is 0 Å². The van der Waals surface area contributed by atoms with Gasteiger partial charge >= 0.3 is 0 Å². The zero-order valence-electron chi connectivity index (χ0n) is 10.2. The highest BCUT2D eigenvalue weighted by Gasteiger charge is 2.24. The van der Waals surface area contributed by atoms with Gasteiger partial charge in [0.1, 0.15) is 6.10 Å². The molecule has 1 aliphatic carbocycles. The van der Waals surface area contributed by atoms with Crippen molar-refractivity contribution < 1.29 is 4.74 Å². The molecule has 0 aromatic carbocycles. The Morgan fingerprint density at radius 1 is 1.59 bits per heavy atom. The minimum absolute atomic E-state index is 0.0649. The summed E-state index contributed by atoms with van der Waals surface area (Å²) >= 11 is 5.21. The fourth-order valence-corrected chi connectivity index (χ4v) is 3.44. The van der Waals surface area contributed by atoms with E-state index in [1.54, 1.807) is 11.3 Å². The summed E-state index contributed by atoms with van der Waals surface area (Å²) in [6.07, 6.45) is 4.98. The predicted molar refractivity (Wildman–Crippen MR) is 76.3 cm³/mol. The van der Waals surface area contributed by atoms with E-state index < -0.39 is 0 Å². The molecule has 1 aliphatic rings. The van der Waals surface area contributed by atoms with E-state index in [1.165, 1.54) is 24.1 Å². The number of thiophene rings is 1. The highest BCUT2D eigenvalue weighted by atomic mass is 79.9. The Bertz CT molecular complexity index is 351. The van der Waals surface area contributed by atoms with Crippen molar-refractivity contribution in [1.82, 2.24) is 0 Å². The van der Waals surface area contributed by atoms with Gasteiger partial charge in [0.25, 0.3) is 0 Å². The number of hydrogen-bond acceptors (Lipinski definition) is 3. The highest BCUT2D eigenvalue weighted by molar-refractivity contribution is 9.10. The quantitative estimate of drug-likeness (QED) is 0.821. The fourth-order valence-electron chi connectivity index (χ4n) is 1.88. The van der Waals surface area contributed by atoms with E-state index in [4.69, 9.17) is 10.5 Å². The lowest BCUT2D eigenvalue weighted by Gasteiger charge is -2.22. The maximum atomic E-state index is 6.16. The number of halogens is 1. The van der Waals surface area contributed by atoms with Crippen molar-refractivity contribution in [1.29, 1.82) is 0 Å². The summed E-state index contributed by atoms with van der Waals surface area (Å²) in [5.41, 5.74) is 6.16. The summed E-state index contributed by atoms with van der Waals surface area (Å²) in [5, 5.41) is 2.09. The van der Waals surface area contributed by atoms with Gasteiger partial charge < -0.3 is 10.5 Å². The predicted octanol–water partition coefficient (Wildman–Crippen LogP) is 4.11. The zero-order chi connectivity index (χ0) is 12.3. The van der Waals surface area contributed by atoms with Gasteiger partial charge in [0.05, 0.1) is 0 Å². The fraction of sp³-hybridized carbons (Fsp3) is 0.692. The smallest absolute Gasteiger partial charge is 0.107 e.